The van der Waals surface area contributed by atoms with Crippen LogP contribution in [-0.4, -0.2) is 23.6 Å². The van der Waals surface area contributed by atoms with Crippen molar-refractivity contribution >= 4 is 34.1 Å². The van der Waals surface area contributed by atoms with E-state index in [-0.39, 0.29) is 24.0 Å². The van der Waals surface area contributed by atoms with E-state index in [0.29, 0.717) is 24.9 Å². The lowest BCUT2D eigenvalue weighted by Gasteiger charge is -2.19. The molecule has 0 aliphatic heterocycles. The Hall–Kier alpha value is -3.47. The minimum Gasteiger partial charge on any atom is -0.344 e. The predicted octanol–water partition coefficient (Wildman–Crippen LogP) is 5.44. The van der Waals surface area contributed by atoms with Gasteiger partial charge in [-0.05, 0) is 41.3 Å². The number of fused-ring (bicyclic) bond motifs is 1. The third-order valence-corrected chi connectivity index (χ3v) is 5.72. The quantitative estimate of drug-likeness (QED) is 0.366. The number of carbonyl (C=O) groups excluding carboxylic acids is 3. The van der Waals surface area contributed by atoms with Crippen LogP contribution < -0.4 is 10.6 Å². The zero-order valence-electron chi connectivity index (χ0n) is 19.2. The van der Waals surface area contributed by atoms with Crippen LogP contribution in [-0.2, 0) is 20.8 Å². The van der Waals surface area contributed by atoms with Gasteiger partial charge in [0.1, 0.15) is 11.8 Å². The number of carbonyl (C=O) groups is 3. The molecule has 5 heteroatoms. The third kappa shape index (κ3) is 7.86. The topological polar surface area (TPSA) is 75.3 Å². The molecule has 2 amide bonds. The molecule has 0 aromatic heterocycles. The first-order valence-corrected chi connectivity index (χ1v) is 11.7. The second-order valence-corrected chi connectivity index (χ2v) is 8.33. The van der Waals surface area contributed by atoms with E-state index in [9.17, 15) is 14.4 Å². The lowest BCUT2D eigenvalue weighted by Crippen LogP contribution is -2.44. The molecular weight excluding hydrogens is 412 g/mol. The number of ketones is 1. The molecule has 2 N–H and O–H groups in total. The van der Waals surface area contributed by atoms with Gasteiger partial charge in [0.2, 0.25) is 11.8 Å². The molecule has 0 saturated heterocycles. The average molecular weight is 445 g/mol. The molecule has 0 fully saturated rings. The molecule has 1 atom stereocenters. The summed E-state index contributed by atoms with van der Waals surface area (Å²) in [5.41, 5.74) is 1.61. The molecule has 5 nitrogen and oxygen atoms in total. The number of hydrogen-bond donors (Lipinski definition) is 2. The van der Waals surface area contributed by atoms with Gasteiger partial charge in [-0.25, -0.2) is 0 Å². The Labute approximate surface area is 195 Å². The van der Waals surface area contributed by atoms with Gasteiger partial charge in [0, 0.05) is 18.5 Å². The SMILES string of the molecule is CCC(=O)CCCCC[C@H](NC(=O)Cc1ccccc1)C(=O)Nc1ccc2ccccc2c1. The van der Waals surface area contributed by atoms with Crippen LogP contribution in [0.2, 0.25) is 0 Å². The standard InChI is InChI=1S/C28H32N2O3/c1-2-25(31)15-7-4-8-16-26(30-27(32)19-21-11-5-3-6-12-21)28(33)29-24-18-17-22-13-9-10-14-23(22)20-24/h3,5-6,9-14,17-18,20,26H,2,4,7-8,15-16,19H2,1H3,(H,29,33)(H,30,32)/t26-/m0/s1. The van der Waals surface area contributed by atoms with Gasteiger partial charge >= 0.3 is 0 Å². The van der Waals surface area contributed by atoms with E-state index in [0.717, 1.165) is 35.6 Å². The van der Waals surface area contributed by atoms with Crippen LogP contribution in [0.3, 0.4) is 0 Å². The maximum atomic E-state index is 13.1. The fourth-order valence-electron chi connectivity index (χ4n) is 3.82. The van der Waals surface area contributed by atoms with Gasteiger partial charge in [-0.1, -0.05) is 80.4 Å². The maximum absolute atomic E-state index is 13.1. The summed E-state index contributed by atoms with van der Waals surface area (Å²) in [5, 5.41) is 8.02. The van der Waals surface area contributed by atoms with Crippen molar-refractivity contribution in [1.82, 2.24) is 5.32 Å². The Kier molecular flexibility index (Phi) is 9.19. The molecule has 3 aromatic carbocycles. The first-order chi connectivity index (χ1) is 16.0. The van der Waals surface area contributed by atoms with Gasteiger partial charge in [-0.15, -0.1) is 0 Å². The summed E-state index contributed by atoms with van der Waals surface area (Å²) in [7, 11) is 0. The lowest BCUT2D eigenvalue weighted by molar-refractivity contribution is -0.126. The molecule has 0 aliphatic rings. The van der Waals surface area contributed by atoms with E-state index in [1.165, 1.54) is 0 Å². The van der Waals surface area contributed by atoms with Crippen molar-refractivity contribution in [2.24, 2.45) is 0 Å². The van der Waals surface area contributed by atoms with E-state index in [4.69, 9.17) is 0 Å². The molecule has 0 spiro atoms. The monoisotopic (exact) mass is 444 g/mol. The van der Waals surface area contributed by atoms with Gasteiger partial charge in [-0.3, -0.25) is 14.4 Å². The van der Waals surface area contributed by atoms with Gasteiger partial charge in [0.25, 0.3) is 0 Å². The molecular formula is C28H32N2O3. The molecule has 0 unspecified atom stereocenters. The van der Waals surface area contributed by atoms with Crippen LogP contribution >= 0.6 is 0 Å². The summed E-state index contributed by atoms with van der Waals surface area (Å²) < 4.78 is 0. The van der Waals surface area contributed by atoms with Crippen molar-refractivity contribution in [2.75, 3.05) is 5.32 Å². The molecule has 0 saturated carbocycles. The number of benzene rings is 3. The normalized spacial score (nSPS) is 11.7. The first-order valence-electron chi connectivity index (χ1n) is 11.7. The summed E-state index contributed by atoms with van der Waals surface area (Å²) in [4.78, 5) is 37.2. The highest BCUT2D eigenvalue weighted by Crippen LogP contribution is 2.19. The first kappa shape index (κ1) is 24.2. The van der Waals surface area contributed by atoms with Gasteiger partial charge in [-0.2, -0.15) is 0 Å². The number of Topliss-reactive ketones (excluding diaryl/α,β-unsaturated/α-hetero) is 1. The Morgan fingerprint density at radius 1 is 0.818 bits per heavy atom. The number of unbranched alkanes of at least 4 members (excludes halogenated alkanes) is 2. The molecule has 33 heavy (non-hydrogen) atoms. The van der Waals surface area contributed by atoms with Gasteiger partial charge in [0.05, 0.1) is 6.42 Å². The van der Waals surface area contributed by atoms with Crippen molar-refractivity contribution < 1.29 is 14.4 Å². The zero-order valence-corrected chi connectivity index (χ0v) is 19.2. The molecule has 3 rings (SSSR count). The maximum Gasteiger partial charge on any atom is 0.246 e. The van der Waals surface area contributed by atoms with Crippen LogP contribution in [0, 0.1) is 0 Å². The largest absolute Gasteiger partial charge is 0.344 e. The summed E-state index contributed by atoms with van der Waals surface area (Å²) in [6.45, 7) is 1.87. The summed E-state index contributed by atoms with van der Waals surface area (Å²) in [6.07, 6.45) is 4.31. The van der Waals surface area contributed by atoms with Crippen LogP contribution in [0.15, 0.2) is 72.8 Å². The molecule has 0 bridgehead atoms. The highest BCUT2D eigenvalue weighted by atomic mass is 16.2. The Morgan fingerprint density at radius 3 is 2.30 bits per heavy atom. The highest BCUT2D eigenvalue weighted by molar-refractivity contribution is 5.99. The second kappa shape index (κ2) is 12.5. The minimum atomic E-state index is -0.630. The van der Waals surface area contributed by atoms with E-state index >= 15 is 0 Å². The van der Waals surface area contributed by atoms with Crippen molar-refractivity contribution in [3.63, 3.8) is 0 Å². The highest BCUT2D eigenvalue weighted by Gasteiger charge is 2.21. The molecule has 3 aromatic rings. The fraction of sp³-hybridized carbons (Fsp3) is 0.321. The summed E-state index contributed by atoms with van der Waals surface area (Å²) in [6, 6.07) is 22.6. The lowest BCUT2D eigenvalue weighted by atomic mass is 10.0. The van der Waals surface area contributed by atoms with Gasteiger partial charge < -0.3 is 10.6 Å². The Bertz CT molecular complexity index is 1080. The van der Waals surface area contributed by atoms with Crippen molar-refractivity contribution in [1.29, 1.82) is 0 Å². The number of anilines is 1. The van der Waals surface area contributed by atoms with Crippen LogP contribution in [0.5, 0.6) is 0 Å². The minimum absolute atomic E-state index is 0.180. The van der Waals surface area contributed by atoms with E-state index in [1.807, 2.05) is 79.7 Å². The summed E-state index contributed by atoms with van der Waals surface area (Å²) in [5.74, 6) is -0.144. The molecule has 0 heterocycles. The molecule has 0 radical (unpaired) electrons. The van der Waals surface area contributed by atoms with Crippen molar-refractivity contribution in [2.45, 2.75) is 57.9 Å². The van der Waals surface area contributed by atoms with E-state index in [1.54, 1.807) is 0 Å². The van der Waals surface area contributed by atoms with Crippen LogP contribution in [0.25, 0.3) is 10.8 Å². The zero-order chi connectivity index (χ0) is 23.5. The predicted molar refractivity (Wildman–Crippen MR) is 133 cm³/mol. The second-order valence-electron chi connectivity index (χ2n) is 8.33. The van der Waals surface area contributed by atoms with Crippen LogP contribution in [0.1, 0.15) is 51.0 Å². The number of rotatable bonds is 12. The smallest absolute Gasteiger partial charge is 0.246 e. The number of hydrogen-bond acceptors (Lipinski definition) is 3. The average Bonchev–Trinajstić information content (AvgIpc) is 2.83. The number of amides is 2. The fourth-order valence-corrected chi connectivity index (χ4v) is 3.82. The molecule has 172 valence electrons. The molecule has 0 aliphatic carbocycles. The van der Waals surface area contributed by atoms with Gasteiger partial charge in [0.15, 0.2) is 0 Å². The van der Waals surface area contributed by atoms with Crippen molar-refractivity contribution in [3.05, 3.63) is 78.4 Å². The summed E-state index contributed by atoms with van der Waals surface area (Å²) >= 11 is 0. The van der Waals surface area contributed by atoms with E-state index in [2.05, 4.69) is 10.6 Å². The number of nitrogens with one attached hydrogen (secondary N) is 2. The Balaban J connectivity index is 1.62. The Morgan fingerprint density at radius 2 is 1.55 bits per heavy atom. The van der Waals surface area contributed by atoms with Crippen LogP contribution in [0.4, 0.5) is 5.69 Å². The van der Waals surface area contributed by atoms with E-state index < -0.39 is 6.04 Å². The van der Waals surface area contributed by atoms with Crippen molar-refractivity contribution in [3.8, 4) is 0 Å². The third-order valence-electron chi connectivity index (χ3n) is 5.72.